The molecular formula is C26H19BrCl2N2O5. The minimum Gasteiger partial charge on any atom is -0.493 e. The molecule has 0 bridgehead atoms. The summed E-state index contributed by atoms with van der Waals surface area (Å²) in [5.41, 5.74) is 2.14. The van der Waals surface area contributed by atoms with Crippen molar-refractivity contribution in [3.63, 3.8) is 0 Å². The number of hydrogen-bond donors (Lipinski definition) is 1. The lowest BCUT2D eigenvalue weighted by Crippen LogP contribution is -2.54. The van der Waals surface area contributed by atoms with Gasteiger partial charge in [-0.25, -0.2) is 9.69 Å². The molecule has 3 aromatic carbocycles. The predicted molar refractivity (Wildman–Crippen MR) is 142 cm³/mol. The third kappa shape index (κ3) is 5.41. The standard InChI is InChI=1S/C26H19BrCl2N2O5/c1-14-6-7-18(12-21(14)29)31-25(33)19(24(32)30-26(31)34)9-16-10-20(27)23(22(11-16)35-2)36-13-15-4-3-5-17(28)8-15/h3-12H,13H2,1-2H3,(H,30,32,34)/b19-9+. The first-order chi connectivity index (χ1) is 17.2. The SMILES string of the molecule is COc1cc(/C=C2\C(=O)NC(=O)N(c3ccc(C)c(Cl)c3)C2=O)cc(Br)c1OCc1cccc(Cl)c1. The molecule has 3 aromatic rings. The van der Waals surface area contributed by atoms with Crippen molar-refractivity contribution in [3.05, 3.63) is 91.4 Å². The molecule has 1 aliphatic rings. The molecule has 0 aliphatic carbocycles. The van der Waals surface area contributed by atoms with Crippen molar-refractivity contribution in [2.24, 2.45) is 0 Å². The van der Waals surface area contributed by atoms with Crippen molar-refractivity contribution in [1.29, 1.82) is 0 Å². The average Bonchev–Trinajstić information content (AvgIpc) is 2.83. The Bertz CT molecular complexity index is 1420. The van der Waals surface area contributed by atoms with Crippen LogP contribution in [-0.4, -0.2) is 25.0 Å². The first kappa shape index (κ1) is 25.8. The minimum atomic E-state index is -0.856. The van der Waals surface area contributed by atoms with Gasteiger partial charge in [-0.05, 0) is 82.0 Å². The number of ether oxygens (including phenoxy) is 2. The monoisotopic (exact) mass is 588 g/mol. The number of carbonyl (C=O) groups is 3. The number of rotatable bonds is 6. The lowest BCUT2D eigenvalue weighted by molar-refractivity contribution is -0.122. The number of hydrogen-bond acceptors (Lipinski definition) is 5. The second-order valence-corrected chi connectivity index (χ2v) is 9.54. The molecule has 0 aromatic heterocycles. The normalized spacial score (nSPS) is 14.8. The summed E-state index contributed by atoms with van der Waals surface area (Å²) in [5.74, 6) is -0.777. The maximum absolute atomic E-state index is 13.2. The summed E-state index contributed by atoms with van der Waals surface area (Å²) in [6.45, 7) is 2.04. The second-order valence-electron chi connectivity index (χ2n) is 7.84. The van der Waals surface area contributed by atoms with Crippen LogP contribution in [0.2, 0.25) is 10.0 Å². The predicted octanol–water partition coefficient (Wildman–Crippen LogP) is 6.32. The molecule has 4 rings (SSSR count). The van der Waals surface area contributed by atoms with Gasteiger partial charge in [0.15, 0.2) is 11.5 Å². The fraction of sp³-hybridized carbons (Fsp3) is 0.115. The van der Waals surface area contributed by atoms with E-state index in [1.54, 1.807) is 43.3 Å². The van der Waals surface area contributed by atoms with Crippen molar-refractivity contribution in [2.45, 2.75) is 13.5 Å². The maximum atomic E-state index is 13.2. The summed E-state index contributed by atoms with van der Waals surface area (Å²) in [6.07, 6.45) is 1.38. The van der Waals surface area contributed by atoms with Crippen molar-refractivity contribution < 1.29 is 23.9 Å². The zero-order valence-corrected chi connectivity index (χ0v) is 22.2. The number of amides is 4. The van der Waals surface area contributed by atoms with Crippen LogP contribution >= 0.6 is 39.1 Å². The van der Waals surface area contributed by atoms with Gasteiger partial charge >= 0.3 is 6.03 Å². The largest absolute Gasteiger partial charge is 0.493 e. The number of halogens is 3. The van der Waals surface area contributed by atoms with Gasteiger partial charge in [0.1, 0.15) is 12.2 Å². The molecule has 1 heterocycles. The smallest absolute Gasteiger partial charge is 0.335 e. The Morgan fingerprint density at radius 1 is 1.06 bits per heavy atom. The molecule has 36 heavy (non-hydrogen) atoms. The van der Waals surface area contributed by atoms with E-state index in [1.165, 1.54) is 19.3 Å². The highest BCUT2D eigenvalue weighted by atomic mass is 79.9. The molecule has 0 saturated carbocycles. The summed E-state index contributed by atoms with van der Waals surface area (Å²) in [5, 5.41) is 3.18. The molecule has 1 aliphatic heterocycles. The minimum absolute atomic E-state index is 0.229. The van der Waals surface area contributed by atoms with Crippen LogP contribution in [0.3, 0.4) is 0 Å². The van der Waals surface area contributed by atoms with E-state index in [0.717, 1.165) is 16.0 Å². The van der Waals surface area contributed by atoms with Gasteiger partial charge in [0, 0.05) is 10.0 Å². The van der Waals surface area contributed by atoms with Crippen molar-refractivity contribution in [2.75, 3.05) is 12.0 Å². The van der Waals surface area contributed by atoms with E-state index in [-0.39, 0.29) is 17.9 Å². The van der Waals surface area contributed by atoms with E-state index in [1.807, 2.05) is 12.1 Å². The fourth-order valence-corrected chi connectivity index (χ4v) is 4.49. The Morgan fingerprint density at radius 2 is 1.83 bits per heavy atom. The molecule has 0 spiro atoms. The van der Waals surface area contributed by atoms with Gasteiger partial charge in [0.2, 0.25) is 0 Å². The molecule has 10 heteroatoms. The van der Waals surface area contributed by atoms with Crippen LogP contribution in [-0.2, 0) is 16.2 Å². The van der Waals surface area contributed by atoms with Gasteiger partial charge in [-0.15, -0.1) is 0 Å². The summed E-state index contributed by atoms with van der Waals surface area (Å²) >= 11 is 15.7. The molecule has 7 nitrogen and oxygen atoms in total. The summed E-state index contributed by atoms with van der Waals surface area (Å²) in [4.78, 5) is 39.1. The molecule has 0 atom stereocenters. The van der Waals surface area contributed by atoms with E-state index >= 15 is 0 Å². The van der Waals surface area contributed by atoms with Gasteiger partial charge in [0.25, 0.3) is 11.8 Å². The molecule has 1 fully saturated rings. The Balaban J connectivity index is 1.65. The van der Waals surface area contributed by atoms with Gasteiger partial charge in [-0.1, -0.05) is 41.4 Å². The molecule has 1 N–H and O–H groups in total. The van der Waals surface area contributed by atoms with E-state index in [2.05, 4.69) is 21.2 Å². The van der Waals surface area contributed by atoms with E-state index in [4.69, 9.17) is 32.7 Å². The Morgan fingerprint density at radius 3 is 2.53 bits per heavy atom. The number of aryl methyl sites for hydroxylation is 1. The van der Waals surface area contributed by atoms with Gasteiger partial charge in [-0.3, -0.25) is 14.9 Å². The molecule has 0 radical (unpaired) electrons. The van der Waals surface area contributed by atoms with Crippen molar-refractivity contribution in [3.8, 4) is 11.5 Å². The molecule has 184 valence electrons. The lowest BCUT2D eigenvalue weighted by atomic mass is 10.1. The number of nitrogens with one attached hydrogen (secondary N) is 1. The zero-order chi connectivity index (χ0) is 26.0. The number of anilines is 1. The van der Waals surface area contributed by atoms with Crippen molar-refractivity contribution >= 4 is 68.7 Å². The van der Waals surface area contributed by atoms with Crippen LogP contribution < -0.4 is 19.7 Å². The molecule has 4 amide bonds. The summed E-state index contributed by atoms with van der Waals surface area (Å²) < 4.78 is 12.0. The van der Waals surface area contributed by atoms with Crippen LogP contribution in [0.1, 0.15) is 16.7 Å². The number of urea groups is 1. The highest BCUT2D eigenvalue weighted by Crippen LogP contribution is 2.38. The first-order valence-corrected chi connectivity index (χ1v) is 12.1. The number of nitrogens with zero attached hydrogens (tertiary/aromatic N) is 1. The molecule has 0 unspecified atom stereocenters. The summed E-state index contributed by atoms with van der Waals surface area (Å²) in [6, 6.07) is 14.5. The van der Waals surface area contributed by atoms with Gasteiger partial charge in [0.05, 0.1) is 17.3 Å². The van der Waals surface area contributed by atoms with Crippen LogP contribution in [0.25, 0.3) is 6.08 Å². The quantitative estimate of drug-likeness (QED) is 0.269. The lowest BCUT2D eigenvalue weighted by Gasteiger charge is -2.26. The van der Waals surface area contributed by atoms with Crippen LogP contribution in [0.5, 0.6) is 11.5 Å². The number of methoxy groups -OCH3 is 1. The van der Waals surface area contributed by atoms with E-state index in [0.29, 0.717) is 31.6 Å². The highest BCUT2D eigenvalue weighted by Gasteiger charge is 2.37. The maximum Gasteiger partial charge on any atom is 0.335 e. The fourth-order valence-electron chi connectivity index (χ4n) is 3.52. The van der Waals surface area contributed by atoms with Crippen LogP contribution in [0.4, 0.5) is 10.5 Å². The molecule has 1 saturated heterocycles. The number of carbonyl (C=O) groups excluding carboxylic acids is 3. The second kappa shape index (κ2) is 10.7. The van der Waals surface area contributed by atoms with E-state index < -0.39 is 17.8 Å². The number of imide groups is 2. The topological polar surface area (TPSA) is 84.9 Å². The van der Waals surface area contributed by atoms with Gasteiger partial charge < -0.3 is 9.47 Å². The zero-order valence-electron chi connectivity index (χ0n) is 19.1. The Hall–Kier alpha value is -3.33. The molecular weight excluding hydrogens is 571 g/mol. The third-order valence-corrected chi connectivity index (χ3v) is 6.58. The highest BCUT2D eigenvalue weighted by molar-refractivity contribution is 9.10. The Kier molecular flexibility index (Phi) is 7.68. The number of benzene rings is 3. The first-order valence-electron chi connectivity index (χ1n) is 10.6. The summed E-state index contributed by atoms with van der Waals surface area (Å²) in [7, 11) is 1.48. The number of barbiturate groups is 1. The van der Waals surface area contributed by atoms with E-state index in [9.17, 15) is 14.4 Å². The van der Waals surface area contributed by atoms with Crippen LogP contribution in [0.15, 0.2) is 64.6 Å². The van der Waals surface area contributed by atoms with Gasteiger partial charge in [-0.2, -0.15) is 0 Å². The average molecular weight is 590 g/mol. The van der Waals surface area contributed by atoms with Crippen molar-refractivity contribution in [1.82, 2.24) is 5.32 Å². The third-order valence-electron chi connectivity index (χ3n) is 5.35. The Labute approximate surface area is 225 Å². The van der Waals surface area contributed by atoms with Crippen LogP contribution in [0, 0.1) is 6.92 Å².